The molecular weight excluding hydrogens is 406 g/mol. The quantitative estimate of drug-likeness (QED) is 0.249. The lowest BCUT2D eigenvalue weighted by molar-refractivity contribution is -0.147. The average Bonchev–Trinajstić information content (AvgIpc) is 3.19. The molecule has 8 heteroatoms. The highest BCUT2D eigenvalue weighted by molar-refractivity contribution is 5.81. The number of fused-ring (bicyclic) bond motifs is 1. The van der Waals surface area contributed by atoms with Crippen molar-refractivity contribution in [3.63, 3.8) is 0 Å². The molecule has 0 saturated heterocycles. The first-order valence-corrected chi connectivity index (χ1v) is 12.4. The van der Waals surface area contributed by atoms with Gasteiger partial charge in [0.2, 0.25) is 0 Å². The number of nitrogen functional groups attached to an aromatic ring is 1. The summed E-state index contributed by atoms with van der Waals surface area (Å²) in [6.45, 7) is 2.43. The van der Waals surface area contributed by atoms with Gasteiger partial charge in [0.15, 0.2) is 11.5 Å². The molecule has 8 nitrogen and oxygen atoms in total. The summed E-state index contributed by atoms with van der Waals surface area (Å²) in [5, 5.41) is 10.2. The average molecular weight is 448 g/mol. The second-order valence-corrected chi connectivity index (χ2v) is 8.66. The molecule has 2 aromatic rings. The molecule has 0 saturated carbocycles. The molecule has 1 atom stereocenters. The van der Waals surface area contributed by atoms with Gasteiger partial charge in [0.1, 0.15) is 24.6 Å². The van der Waals surface area contributed by atoms with Crippen LogP contribution < -0.4 is 5.73 Å². The first-order chi connectivity index (χ1) is 15.6. The maximum atomic E-state index is 11.9. The van der Waals surface area contributed by atoms with Crippen molar-refractivity contribution in [2.75, 3.05) is 12.3 Å². The van der Waals surface area contributed by atoms with Crippen molar-refractivity contribution in [3.8, 4) is 0 Å². The number of imidazole rings is 1. The Balaban J connectivity index is 1.44. The summed E-state index contributed by atoms with van der Waals surface area (Å²) in [4.78, 5) is 24.1. The highest BCUT2D eigenvalue weighted by Crippen LogP contribution is 2.15. The largest absolute Gasteiger partial charge is 0.463 e. The zero-order chi connectivity index (χ0) is 23.0. The third-order valence-electron chi connectivity index (χ3n) is 5.76. The Bertz CT molecular complexity index is 780. The van der Waals surface area contributed by atoms with E-state index in [1.165, 1.54) is 77.0 Å². The van der Waals surface area contributed by atoms with Gasteiger partial charge in [-0.15, -0.1) is 0 Å². The third-order valence-corrected chi connectivity index (χ3v) is 5.76. The summed E-state index contributed by atoms with van der Waals surface area (Å²) >= 11 is 0. The molecule has 1 unspecified atom stereocenters. The molecule has 0 fully saturated rings. The molecule has 0 spiro atoms. The minimum Gasteiger partial charge on any atom is -0.463 e. The van der Waals surface area contributed by atoms with Crippen LogP contribution in [0.2, 0.25) is 0 Å². The van der Waals surface area contributed by atoms with Gasteiger partial charge in [0.25, 0.3) is 0 Å². The molecule has 0 aromatic carbocycles. The number of ether oxygens (including phenoxy) is 1. The fourth-order valence-corrected chi connectivity index (χ4v) is 3.86. The van der Waals surface area contributed by atoms with Crippen molar-refractivity contribution in [1.29, 1.82) is 0 Å². The van der Waals surface area contributed by atoms with Crippen LogP contribution in [0.5, 0.6) is 0 Å². The van der Waals surface area contributed by atoms with E-state index in [0.717, 1.165) is 12.8 Å². The van der Waals surface area contributed by atoms with Gasteiger partial charge in [0, 0.05) is 6.42 Å². The second-order valence-electron chi connectivity index (χ2n) is 8.66. The molecule has 0 aliphatic rings. The van der Waals surface area contributed by atoms with Crippen LogP contribution >= 0.6 is 0 Å². The number of aromatic nitrogens is 4. The number of nitrogens with two attached hydrogens (primary N) is 1. The Morgan fingerprint density at radius 1 is 0.969 bits per heavy atom. The first kappa shape index (κ1) is 26.0. The van der Waals surface area contributed by atoms with E-state index in [2.05, 4.69) is 21.9 Å². The number of carbonyl (C=O) groups excluding carboxylic acids is 1. The number of nitrogens with zero attached hydrogens (tertiary/aromatic N) is 4. The predicted octanol–water partition coefficient (Wildman–Crippen LogP) is 4.79. The van der Waals surface area contributed by atoms with Crippen LogP contribution in [0, 0.1) is 0 Å². The van der Waals surface area contributed by atoms with Gasteiger partial charge in [-0.05, 0) is 6.42 Å². The lowest BCUT2D eigenvalue weighted by Crippen LogP contribution is -2.23. The SMILES string of the molecule is CCCCCCCCCCCCCCCC(=O)OCC(O)Cn1cnc2c(N)ncnc21. The predicted molar refractivity (Wildman–Crippen MR) is 127 cm³/mol. The summed E-state index contributed by atoms with van der Waals surface area (Å²) in [5.74, 6) is 0.0432. The van der Waals surface area contributed by atoms with E-state index < -0.39 is 6.10 Å². The lowest BCUT2D eigenvalue weighted by atomic mass is 10.0. The Kier molecular flexibility index (Phi) is 12.7. The van der Waals surface area contributed by atoms with Crippen molar-refractivity contribution in [2.45, 2.75) is 109 Å². The summed E-state index contributed by atoms with van der Waals surface area (Å²) in [7, 11) is 0. The van der Waals surface area contributed by atoms with Gasteiger partial charge in [0.05, 0.1) is 12.9 Å². The van der Waals surface area contributed by atoms with Crippen molar-refractivity contribution in [2.24, 2.45) is 0 Å². The van der Waals surface area contributed by atoms with E-state index in [9.17, 15) is 9.90 Å². The second kappa shape index (κ2) is 15.6. The Morgan fingerprint density at radius 3 is 2.19 bits per heavy atom. The number of anilines is 1. The van der Waals surface area contributed by atoms with Gasteiger partial charge in [-0.25, -0.2) is 15.0 Å². The summed E-state index contributed by atoms with van der Waals surface area (Å²) in [6, 6.07) is 0. The van der Waals surface area contributed by atoms with Gasteiger partial charge in [-0.3, -0.25) is 4.79 Å². The Hall–Kier alpha value is -2.22. The molecule has 2 aromatic heterocycles. The number of unbranched alkanes of at least 4 members (excludes halogenated alkanes) is 12. The molecule has 0 aliphatic carbocycles. The smallest absolute Gasteiger partial charge is 0.305 e. The van der Waals surface area contributed by atoms with E-state index in [0.29, 0.717) is 23.4 Å². The minimum absolute atomic E-state index is 0.0441. The van der Waals surface area contributed by atoms with Crippen molar-refractivity contribution >= 4 is 23.0 Å². The monoisotopic (exact) mass is 447 g/mol. The van der Waals surface area contributed by atoms with E-state index in [1.54, 1.807) is 10.9 Å². The van der Waals surface area contributed by atoms with Crippen LogP contribution in [-0.2, 0) is 16.1 Å². The summed E-state index contributed by atoms with van der Waals surface area (Å²) < 4.78 is 6.89. The minimum atomic E-state index is -0.834. The third kappa shape index (κ3) is 9.94. The number of carbonyl (C=O) groups is 1. The Labute approximate surface area is 192 Å². The number of rotatable bonds is 18. The highest BCUT2D eigenvalue weighted by atomic mass is 16.5. The van der Waals surface area contributed by atoms with Crippen LogP contribution in [0.15, 0.2) is 12.7 Å². The van der Waals surface area contributed by atoms with Crippen molar-refractivity contribution in [3.05, 3.63) is 12.7 Å². The van der Waals surface area contributed by atoms with Crippen LogP contribution in [0.25, 0.3) is 11.2 Å². The molecule has 32 heavy (non-hydrogen) atoms. The van der Waals surface area contributed by atoms with Gasteiger partial charge >= 0.3 is 5.97 Å². The maximum Gasteiger partial charge on any atom is 0.305 e. The molecule has 0 bridgehead atoms. The normalized spacial score (nSPS) is 12.3. The topological polar surface area (TPSA) is 116 Å². The molecule has 0 radical (unpaired) electrons. The standard InChI is InChI=1S/C24H41N5O3/c1-2-3-4-5-6-7-8-9-10-11-12-13-14-15-21(31)32-17-20(30)16-29-19-28-22-23(25)26-18-27-24(22)29/h18-20,30H,2-17H2,1H3,(H2,25,26,27). The van der Waals surface area contributed by atoms with Crippen LogP contribution in [0.4, 0.5) is 5.82 Å². The maximum absolute atomic E-state index is 11.9. The molecule has 2 rings (SSSR count). The summed E-state index contributed by atoms with van der Waals surface area (Å²) in [6.07, 6.45) is 19.0. The number of hydrogen-bond acceptors (Lipinski definition) is 7. The van der Waals surface area contributed by atoms with E-state index >= 15 is 0 Å². The van der Waals surface area contributed by atoms with Crippen LogP contribution in [0.3, 0.4) is 0 Å². The zero-order valence-corrected chi connectivity index (χ0v) is 19.7. The molecule has 3 N–H and O–H groups in total. The van der Waals surface area contributed by atoms with Gasteiger partial charge < -0.3 is 20.1 Å². The molecule has 0 amide bonds. The van der Waals surface area contributed by atoms with Crippen LogP contribution in [0.1, 0.15) is 96.8 Å². The van der Waals surface area contributed by atoms with Crippen molar-refractivity contribution < 1.29 is 14.6 Å². The molecule has 180 valence electrons. The van der Waals surface area contributed by atoms with Crippen molar-refractivity contribution in [1.82, 2.24) is 19.5 Å². The number of esters is 1. The highest BCUT2D eigenvalue weighted by Gasteiger charge is 2.13. The van der Waals surface area contributed by atoms with E-state index in [4.69, 9.17) is 10.5 Å². The molecule has 0 aliphatic heterocycles. The summed E-state index contributed by atoms with van der Waals surface area (Å²) in [5.41, 5.74) is 6.81. The van der Waals surface area contributed by atoms with E-state index in [-0.39, 0.29) is 19.1 Å². The van der Waals surface area contributed by atoms with Gasteiger partial charge in [-0.2, -0.15) is 0 Å². The lowest BCUT2D eigenvalue weighted by Gasteiger charge is -2.12. The van der Waals surface area contributed by atoms with Gasteiger partial charge in [-0.1, -0.05) is 84.0 Å². The van der Waals surface area contributed by atoms with Crippen LogP contribution in [-0.4, -0.2) is 43.3 Å². The van der Waals surface area contributed by atoms with E-state index in [1.807, 2.05) is 0 Å². The molecular formula is C24H41N5O3. The fourth-order valence-electron chi connectivity index (χ4n) is 3.86. The first-order valence-electron chi connectivity index (χ1n) is 12.4. The fraction of sp³-hybridized carbons (Fsp3) is 0.750. The number of aliphatic hydroxyl groups excluding tert-OH is 1. The number of aliphatic hydroxyl groups is 1. The Morgan fingerprint density at radius 2 is 1.56 bits per heavy atom. The number of hydrogen-bond donors (Lipinski definition) is 2. The zero-order valence-electron chi connectivity index (χ0n) is 19.7. The molecule has 2 heterocycles.